The van der Waals surface area contributed by atoms with Crippen molar-refractivity contribution in [2.45, 2.75) is 19.4 Å². The first kappa shape index (κ1) is 12.5. The van der Waals surface area contributed by atoms with Crippen LogP contribution >= 0.6 is 28.1 Å². The smallest absolute Gasteiger partial charge is 0.233 e. The monoisotopic (exact) mass is 312 g/mol. The van der Waals surface area contributed by atoms with E-state index < -0.39 is 5.41 Å². The molecule has 1 fully saturated rings. The zero-order valence-electron chi connectivity index (χ0n) is 9.20. The zero-order chi connectivity index (χ0) is 12.5. The van der Waals surface area contributed by atoms with Gasteiger partial charge in [0.15, 0.2) is 0 Å². The third kappa shape index (κ3) is 2.50. The summed E-state index contributed by atoms with van der Waals surface area (Å²) in [7, 11) is 0. The van der Waals surface area contributed by atoms with Crippen molar-refractivity contribution in [2.24, 2.45) is 11.1 Å². The predicted octanol–water partition coefficient (Wildman–Crippen LogP) is 2.13. The van der Waals surface area contributed by atoms with Gasteiger partial charge in [-0.25, -0.2) is 0 Å². The van der Waals surface area contributed by atoms with E-state index >= 15 is 0 Å². The van der Waals surface area contributed by atoms with Crippen LogP contribution in [0.5, 0.6) is 0 Å². The van der Waals surface area contributed by atoms with Crippen molar-refractivity contribution in [2.75, 3.05) is 0 Å². The summed E-state index contributed by atoms with van der Waals surface area (Å²) >= 11 is 8.37. The number of nitrogens with two attached hydrogens (primary N) is 1. The first-order valence-corrected chi connectivity index (χ1v) is 6.58. The summed E-state index contributed by atoms with van der Waals surface area (Å²) in [5.74, 6) is -0.0549. The quantitative estimate of drug-likeness (QED) is 0.837. The second kappa shape index (κ2) is 4.74. The number of carbonyl (C=O) groups is 1. The molecule has 0 radical (unpaired) electrons. The number of carbonyl (C=O) groups excluding carboxylic acids is 1. The Labute approximate surface area is 114 Å². The van der Waals surface area contributed by atoms with Crippen LogP contribution < -0.4 is 11.1 Å². The van der Waals surface area contributed by atoms with Gasteiger partial charge in [-0.3, -0.25) is 4.79 Å². The Morgan fingerprint density at radius 3 is 2.65 bits per heavy atom. The lowest BCUT2D eigenvalue weighted by atomic mass is 10.1. The molecule has 0 aliphatic heterocycles. The van der Waals surface area contributed by atoms with Crippen LogP contribution in [0.2, 0.25) is 0 Å². The number of thiocarbonyl (C=S) groups is 1. The molecular weight excluding hydrogens is 300 g/mol. The fourth-order valence-electron chi connectivity index (χ4n) is 1.70. The van der Waals surface area contributed by atoms with E-state index in [1.165, 1.54) is 0 Å². The molecule has 1 amide bonds. The summed E-state index contributed by atoms with van der Waals surface area (Å²) in [4.78, 5) is 12.3. The molecule has 3 N–H and O–H groups in total. The molecule has 0 bridgehead atoms. The molecule has 90 valence electrons. The average Bonchev–Trinajstić information content (AvgIpc) is 3.08. The standard InChI is InChI=1S/C12H13BrN2OS/c13-9-4-2-1-3-8(9)7-15-11(16)12(5-6-12)10(14)17/h1-4H,5-7H2,(H2,14,17)(H,15,16). The Hall–Kier alpha value is -0.940. The van der Waals surface area contributed by atoms with Gasteiger partial charge in [-0.1, -0.05) is 46.3 Å². The van der Waals surface area contributed by atoms with E-state index in [9.17, 15) is 4.79 Å². The molecule has 17 heavy (non-hydrogen) atoms. The van der Waals surface area contributed by atoms with Gasteiger partial charge in [0.05, 0.1) is 10.4 Å². The predicted molar refractivity (Wildman–Crippen MR) is 74.4 cm³/mol. The van der Waals surface area contributed by atoms with Crippen molar-refractivity contribution in [1.82, 2.24) is 5.32 Å². The highest BCUT2D eigenvalue weighted by molar-refractivity contribution is 9.10. The molecule has 2 rings (SSSR count). The van der Waals surface area contributed by atoms with Crippen molar-refractivity contribution in [3.8, 4) is 0 Å². The normalized spacial score (nSPS) is 16.3. The molecule has 0 heterocycles. The van der Waals surface area contributed by atoms with Gasteiger partial charge in [-0.15, -0.1) is 0 Å². The number of rotatable bonds is 4. The summed E-state index contributed by atoms with van der Waals surface area (Å²) < 4.78 is 0.987. The maximum atomic E-state index is 12.0. The maximum Gasteiger partial charge on any atom is 0.233 e. The molecule has 1 aliphatic carbocycles. The second-order valence-corrected chi connectivity index (χ2v) is 5.51. The van der Waals surface area contributed by atoms with Crippen LogP contribution in [-0.2, 0) is 11.3 Å². The number of hydrogen-bond donors (Lipinski definition) is 2. The molecule has 1 saturated carbocycles. The van der Waals surface area contributed by atoms with Gasteiger partial charge in [0, 0.05) is 11.0 Å². The molecule has 5 heteroatoms. The van der Waals surface area contributed by atoms with Crippen LogP contribution in [-0.4, -0.2) is 10.9 Å². The molecule has 0 atom stereocenters. The van der Waals surface area contributed by atoms with Crippen LogP contribution in [0.1, 0.15) is 18.4 Å². The second-order valence-electron chi connectivity index (χ2n) is 4.22. The van der Waals surface area contributed by atoms with E-state index in [1.54, 1.807) is 0 Å². The Morgan fingerprint density at radius 2 is 2.12 bits per heavy atom. The third-order valence-corrected chi connectivity index (χ3v) is 4.22. The number of amides is 1. The van der Waals surface area contributed by atoms with Crippen LogP contribution in [0.4, 0.5) is 0 Å². The summed E-state index contributed by atoms with van der Waals surface area (Å²) in [6, 6.07) is 7.78. The topological polar surface area (TPSA) is 55.1 Å². The highest BCUT2D eigenvalue weighted by atomic mass is 79.9. The number of benzene rings is 1. The molecular formula is C12H13BrN2OS. The Balaban J connectivity index is 1.98. The van der Waals surface area contributed by atoms with Gasteiger partial charge in [-0.2, -0.15) is 0 Å². The molecule has 0 unspecified atom stereocenters. The van der Waals surface area contributed by atoms with Gasteiger partial charge >= 0.3 is 0 Å². The Kier molecular flexibility index (Phi) is 3.49. The minimum atomic E-state index is -0.573. The molecule has 1 aliphatic rings. The van der Waals surface area contributed by atoms with Gasteiger partial charge in [0.1, 0.15) is 0 Å². The van der Waals surface area contributed by atoms with Crippen molar-refractivity contribution < 1.29 is 4.79 Å². The Bertz CT molecular complexity index is 471. The minimum absolute atomic E-state index is 0.0549. The first-order valence-electron chi connectivity index (χ1n) is 5.38. The molecule has 0 aromatic heterocycles. The van der Waals surface area contributed by atoms with Crippen molar-refractivity contribution >= 4 is 39.0 Å². The molecule has 0 saturated heterocycles. The number of hydrogen-bond acceptors (Lipinski definition) is 2. The molecule has 1 aromatic rings. The lowest BCUT2D eigenvalue weighted by Gasteiger charge is -2.14. The molecule has 1 aromatic carbocycles. The van der Waals surface area contributed by atoms with Gasteiger partial charge in [0.25, 0.3) is 0 Å². The summed E-state index contributed by atoms with van der Waals surface area (Å²) in [6.07, 6.45) is 1.54. The van der Waals surface area contributed by atoms with Crippen molar-refractivity contribution in [1.29, 1.82) is 0 Å². The van der Waals surface area contributed by atoms with Gasteiger partial charge in [0.2, 0.25) is 5.91 Å². The van der Waals surface area contributed by atoms with Crippen molar-refractivity contribution in [3.05, 3.63) is 34.3 Å². The first-order chi connectivity index (χ1) is 8.06. The third-order valence-electron chi connectivity index (χ3n) is 3.05. The lowest BCUT2D eigenvalue weighted by Crippen LogP contribution is -2.39. The van der Waals surface area contributed by atoms with Crippen molar-refractivity contribution in [3.63, 3.8) is 0 Å². The summed E-state index contributed by atoms with van der Waals surface area (Å²) in [5.41, 5.74) is 6.06. The minimum Gasteiger partial charge on any atom is -0.392 e. The van der Waals surface area contributed by atoms with E-state index in [-0.39, 0.29) is 5.91 Å². The fraction of sp³-hybridized carbons (Fsp3) is 0.333. The van der Waals surface area contributed by atoms with Crippen LogP contribution in [0, 0.1) is 5.41 Å². The van der Waals surface area contributed by atoms with Gasteiger partial charge in [-0.05, 0) is 24.5 Å². The van der Waals surface area contributed by atoms with Crippen LogP contribution in [0.15, 0.2) is 28.7 Å². The molecule has 3 nitrogen and oxygen atoms in total. The SMILES string of the molecule is NC(=S)C1(C(=O)NCc2ccccc2Br)CC1. The van der Waals surface area contributed by atoms with E-state index in [0.717, 1.165) is 22.9 Å². The lowest BCUT2D eigenvalue weighted by molar-refractivity contribution is -0.124. The Morgan fingerprint density at radius 1 is 1.47 bits per heavy atom. The highest BCUT2D eigenvalue weighted by Gasteiger charge is 2.52. The number of halogens is 1. The van der Waals surface area contributed by atoms with Crippen LogP contribution in [0.25, 0.3) is 0 Å². The molecule has 0 spiro atoms. The van der Waals surface area contributed by atoms with Gasteiger partial charge < -0.3 is 11.1 Å². The van der Waals surface area contributed by atoms with E-state index in [0.29, 0.717) is 11.5 Å². The average molecular weight is 313 g/mol. The highest BCUT2D eigenvalue weighted by Crippen LogP contribution is 2.46. The zero-order valence-corrected chi connectivity index (χ0v) is 11.6. The maximum absolute atomic E-state index is 12.0. The summed E-state index contributed by atoms with van der Waals surface area (Å²) in [6.45, 7) is 0.491. The van der Waals surface area contributed by atoms with Crippen LogP contribution in [0.3, 0.4) is 0 Å². The summed E-state index contributed by atoms with van der Waals surface area (Å²) in [5, 5.41) is 2.89. The number of nitrogens with one attached hydrogen (secondary N) is 1. The largest absolute Gasteiger partial charge is 0.392 e. The fourth-order valence-corrected chi connectivity index (χ4v) is 2.42. The van der Waals surface area contributed by atoms with E-state index in [4.69, 9.17) is 18.0 Å². The van der Waals surface area contributed by atoms with E-state index in [2.05, 4.69) is 21.2 Å². The van der Waals surface area contributed by atoms with E-state index in [1.807, 2.05) is 24.3 Å².